The van der Waals surface area contributed by atoms with E-state index in [-0.39, 0.29) is 4.90 Å². The normalized spacial score (nSPS) is 14.5. The summed E-state index contributed by atoms with van der Waals surface area (Å²) in [6.45, 7) is 3.50. The van der Waals surface area contributed by atoms with Gasteiger partial charge in [0.2, 0.25) is 5.89 Å². The molecule has 1 aliphatic carbocycles. The average molecular weight is 407 g/mol. The number of sulfonamides is 1. The quantitative estimate of drug-likeness (QED) is 0.691. The summed E-state index contributed by atoms with van der Waals surface area (Å²) in [6.07, 6.45) is 2.11. The smallest absolute Gasteiger partial charge is 0.264 e. The van der Waals surface area contributed by atoms with Gasteiger partial charge in [-0.05, 0) is 51.0 Å². The second kappa shape index (κ2) is 6.38. The molecule has 2 aromatic heterocycles. The van der Waals surface area contributed by atoms with Crippen LogP contribution >= 0.6 is 11.6 Å². The van der Waals surface area contributed by atoms with Crippen molar-refractivity contribution in [2.45, 2.75) is 37.5 Å². The third-order valence-electron chi connectivity index (χ3n) is 4.80. The number of nitrogens with one attached hydrogen (secondary N) is 1. The molecule has 4 rings (SSSR count). The van der Waals surface area contributed by atoms with Crippen LogP contribution in [0, 0.1) is 13.8 Å². The van der Waals surface area contributed by atoms with Crippen LogP contribution in [0.25, 0.3) is 11.6 Å². The van der Waals surface area contributed by atoms with E-state index < -0.39 is 10.0 Å². The van der Waals surface area contributed by atoms with Gasteiger partial charge in [0.1, 0.15) is 10.6 Å². The molecule has 0 amide bonds. The summed E-state index contributed by atoms with van der Waals surface area (Å²) >= 11 is 5.87. The largest absolute Gasteiger partial charge is 0.419 e. The lowest BCUT2D eigenvalue weighted by molar-refractivity contribution is 0.504. The summed E-state index contributed by atoms with van der Waals surface area (Å²) in [5, 5.41) is 8.78. The third kappa shape index (κ3) is 3.23. The monoisotopic (exact) mass is 406 g/mol. The van der Waals surface area contributed by atoms with Crippen LogP contribution in [0.2, 0.25) is 5.02 Å². The van der Waals surface area contributed by atoms with Crippen molar-refractivity contribution in [1.29, 1.82) is 0 Å². The van der Waals surface area contributed by atoms with E-state index >= 15 is 0 Å². The second-order valence-electron chi connectivity index (χ2n) is 6.78. The van der Waals surface area contributed by atoms with Crippen LogP contribution in [0.4, 0.5) is 5.69 Å². The van der Waals surface area contributed by atoms with Gasteiger partial charge in [0.15, 0.2) is 0 Å². The van der Waals surface area contributed by atoms with E-state index in [9.17, 15) is 8.42 Å². The molecule has 0 radical (unpaired) electrons. The fraction of sp³-hybridized carbons (Fsp3) is 0.333. The summed E-state index contributed by atoms with van der Waals surface area (Å²) in [6, 6.07) is 6.50. The van der Waals surface area contributed by atoms with Crippen LogP contribution in [0.15, 0.2) is 33.6 Å². The first-order valence-electron chi connectivity index (χ1n) is 8.56. The molecule has 27 heavy (non-hydrogen) atoms. The maximum atomic E-state index is 13.0. The Morgan fingerprint density at radius 3 is 2.48 bits per heavy atom. The topological polar surface area (TPSA) is 90.0 Å². The van der Waals surface area contributed by atoms with Crippen molar-refractivity contribution in [3.63, 3.8) is 0 Å². The minimum atomic E-state index is -3.80. The summed E-state index contributed by atoms with van der Waals surface area (Å²) in [4.78, 5) is 0.209. The van der Waals surface area contributed by atoms with E-state index in [2.05, 4.69) is 14.9 Å². The van der Waals surface area contributed by atoms with Gasteiger partial charge in [0.25, 0.3) is 15.9 Å². The van der Waals surface area contributed by atoms with Gasteiger partial charge in [-0.3, -0.25) is 4.72 Å². The van der Waals surface area contributed by atoms with Gasteiger partial charge in [0, 0.05) is 34.9 Å². The summed E-state index contributed by atoms with van der Waals surface area (Å²) in [5.41, 5.74) is 2.22. The number of hydrogen-bond acceptors (Lipinski definition) is 5. The highest BCUT2D eigenvalue weighted by Gasteiger charge is 2.32. The Morgan fingerprint density at radius 1 is 1.19 bits per heavy atom. The number of aromatic nitrogens is 3. The molecule has 0 atom stereocenters. The van der Waals surface area contributed by atoms with Crippen molar-refractivity contribution in [1.82, 2.24) is 14.8 Å². The molecule has 1 aliphatic rings. The van der Waals surface area contributed by atoms with Gasteiger partial charge in [-0.2, -0.15) is 0 Å². The molecule has 1 aromatic carbocycles. The summed E-state index contributed by atoms with van der Waals surface area (Å²) < 4.78 is 36.2. The predicted molar refractivity (Wildman–Crippen MR) is 102 cm³/mol. The summed E-state index contributed by atoms with van der Waals surface area (Å²) in [7, 11) is -2.01. The molecule has 0 aliphatic heterocycles. The minimum absolute atomic E-state index is 0.209. The van der Waals surface area contributed by atoms with Gasteiger partial charge in [-0.1, -0.05) is 11.6 Å². The molecular formula is C18H19ClN4O3S. The Hall–Kier alpha value is -2.32. The lowest BCUT2D eigenvalue weighted by atomic mass is 10.2. The standard InChI is InChI=1S/C18H19ClN4O3S/c1-10-15(18-21-20-17(26-18)12-4-5-12)23(3)11(2)16(10)27(24,25)22-14-8-6-13(19)7-9-14/h6-9,12,22H,4-5H2,1-3H3. The Balaban J connectivity index is 1.75. The first-order valence-corrected chi connectivity index (χ1v) is 10.4. The first-order chi connectivity index (χ1) is 12.8. The molecule has 2 heterocycles. The van der Waals surface area contributed by atoms with Crippen LogP contribution in [-0.4, -0.2) is 23.2 Å². The number of rotatable bonds is 5. The molecule has 3 aromatic rings. The van der Waals surface area contributed by atoms with Gasteiger partial charge in [-0.15, -0.1) is 10.2 Å². The van der Waals surface area contributed by atoms with E-state index in [0.29, 0.717) is 45.4 Å². The molecular weight excluding hydrogens is 388 g/mol. The number of hydrogen-bond donors (Lipinski definition) is 1. The van der Waals surface area contributed by atoms with Crippen molar-refractivity contribution in [2.75, 3.05) is 4.72 Å². The fourth-order valence-electron chi connectivity index (χ4n) is 3.20. The van der Waals surface area contributed by atoms with E-state index in [1.54, 1.807) is 49.7 Å². The molecule has 0 bridgehead atoms. The Labute approximate surface area is 162 Å². The molecule has 1 N–H and O–H groups in total. The number of anilines is 1. The highest BCUT2D eigenvalue weighted by atomic mass is 35.5. The molecule has 0 unspecified atom stereocenters. The first kappa shape index (κ1) is 18.1. The minimum Gasteiger partial charge on any atom is -0.419 e. The summed E-state index contributed by atoms with van der Waals surface area (Å²) in [5.74, 6) is 1.29. The zero-order valence-corrected chi connectivity index (χ0v) is 16.7. The fourth-order valence-corrected chi connectivity index (χ4v) is 4.90. The van der Waals surface area contributed by atoms with Gasteiger partial charge in [-0.25, -0.2) is 8.42 Å². The second-order valence-corrected chi connectivity index (χ2v) is 8.83. The Bertz CT molecular complexity index is 1110. The van der Waals surface area contributed by atoms with Crippen molar-refractivity contribution >= 4 is 27.3 Å². The molecule has 0 spiro atoms. The third-order valence-corrected chi connectivity index (χ3v) is 6.69. The zero-order valence-electron chi connectivity index (χ0n) is 15.2. The van der Waals surface area contributed by atoms with Gasteiger partial charge in [0.05, 0.1) is 0 Å². The lowest BCUT2D eigenvalue weighted by Crippen LogP contribution is -2.14. The number of halogens is 1. The van der Waals surface area contributed by atoms with E-state index in [0.717, 1.165) is 12.8 Å². The van der Waals surface area contributed by atoms with Crippen molar-refractivity contribution in [3.05, 3.63) is 46.4 Å². The lowest BCUT2D eigenvalue weighted by Gasteiger charge is -2.09. The number of nitrogens with zero attached hydrogens (tertiary/aromatic N) is 3. The maximum Gasteiger partial charge on any atom is 0.264 e. The highest BCUT2D eigenvalue weighted by Crippen LogP contribution is 2.41. The van der Waals surface area contributed by atoms with Crippen LogP contribution < -0.4 is 4.72 Å². The predicted octanol–water partition coefficient (Wildman–Crippen LogP) is 4.02. The van der Waals surface area contributed by atoms with Crippen molar-refractivity contribution < 1.29 is 12.8 Å². The zero-order chi connectivity index (χ0) is 19.3. The average Bonchev–Trinajstić information content (AvgIpc) is 3.30. The molecule has 142 valence electrons. The van der Waals surface area contributed by atoms with Crippen molar-refractivity contribution in [3.8, 4) is 11.6 Å². The molecule has 7 nitrogen and oxygen atoms in total. The maximum absolute atomic E-state index is 13.0. The number of benzene rings is 1. The SMILES string of the molecule is Cc1c(S(=O)(=O)Nc2ccc(Cl)cc2)c(C)n(C)c1-c1nnc(C2CC2)o1. The van der Waals surface area contributed by atoms with Crippen molar-refractivity contribution in [2.24, 2.45) is 7.05 Å². The Morgan fingerprint density at radius 2 is 1.85 bits per heavy atom. The molecule has 1 saturated carbocycles. The van der Waals surface area contributed by atoms with E-state index in [4.69, 9.17) is 16.0 Å². The highest BCUT2D eigenvalue weighted by molar-refractivity contribution is 7.92. The van der Waals surface area contributed by atoms with E-state index in [1.165, 1.54) is 0 Å². The van der Waals surface area contributed by atoms with E-state index in [1.807, 2.05) is 0 Å². The van der Waals surface area contributed by atoms with Gasteiger partial charge >= 0.3 is 0 Å². The van der Waals surface area contributed by atoms with Crippen LogP contribution in [0.1, 0.15) is 35.9 Å². The molecule has 0 saturated heterocycles. The molecule has 1 fully saturated rings. The Kier molecular flexibility index (Phi) is 4.27. The molecule has 9 heteroatoms. The van der Waals surface area contributed by atoms with Crippen LogP contribution in [0.5, 0.6) is 0 Å². The van der Waals surface area contributed by atoms with Crippen LogP contribution in [0.3, 0.4) is 0 Å². The van der Waals surface area contributed by atoms with Gasteiger partial charge < -0.3 is 8.98 Å². The van der Waals surface area contributed by atoms with Crippen LogP contribution in [-0.2, 0) is 17.1 Å².